The number of pyridine rings is 1. The number of hydrogen-bond acceptors (Lipinski definition) is 3. The zero-order valence-electron chi connectivity index (χ0n) is 8.65. The van der Waals surface area contributed by atoms with Gasteiger partial charge in [-0.2, -0.15) is 0 Å². The van der Waals surface area contributed by atoms with Crippen molar-refractivity contribution in [3.8, 4) is 0 Å². The van der Waals surface area contributed by atoms with Crippen molar-refractivity contribution in [1.29, 1.82) is 0 Å². The van der Waals surface area contributed by atoms with Crippen LogP contribution in [0.15, 0.2) is 12.1 Å². The van der Waals surface area contributed by atoms with Gasteiger partial charge in [0.2, 0.25) is 5.95 Å². The van der Waals surface area contributed by atoms with Crippen molar-refractivity contribution in [1.82, 2.24) is 14.5 Å². The zero-order valence-corrected chi connectivity index (χ0v) is 8.65. The molecule has 0 saturated carbocycles. The lowest BCUT2D eigenvalue weighted by Gasteiger charge is -2.09. The van der Waals surface area contributed by atoms with Gasteiger partial charge in [-0.1, -0.05) is 0 Å². The number of nitrogens with zero attached hydrogens (tertiary/aromatic N) is 3. The third-order valence-electron chi connectivity index (χ3n) is 2.22. The number of nitrogens with two attached hydrogens (primary N) is 1. The minimum Gasteiger partial charge on any atom is -0.369 e. The summed E-state index contributed by atoms with van der Waals surface area (Å²) in [6, 6.07) is 4.18. The van der Waals surface area contributed by atoms with Crippen molar-refractivity contribution in [2.24, 2.45) is 0 Å². The molecule has 14 heavy (non-hydrogen) atoms. The number of fused-ring (bicyclic) bond motifs is 1. The molecule has 0 bridgehead atoms. The molecule has 74 valence electrons. The minimum absolute atomic E-state index is 0.286. The van der Waals surface area contributed by atoms with E-state index in [9.17, 15) is 0 Å². The summed E-state index contributed by atoms with van der Waals surface area (Å²) in [6.45, 7) is 6.11. The highest BCUT2D eigenvalue weighted by atomic mass is 15.2. The van der Waals surface area contributed by atoms with Gasteiger partial charge in [-0.15, -0.1) is 0 Å². The van der Waals surface area contributed by atoms with E-state index in [1.54, 1.807) is 0 Å². The highest BCUT2D eigenvalue weighted by Gasteiger charge is 2.11. The van der Waals surface area contributed by atoms with E-state index in [2.05, 4.69) is 23.8 Å². The third-order valence-corrected chi connectivity index (χ3v) is 2.22. The average Bonchev–Trinajstić information content (AvgIpc) is 2.40. The first-order valence-corrected chi connectivity index (χ1v) is 4.70. The highest BCUT2D eigenvalue weighted by Crippen LogP contribution is 2.20. The van der Waals surface area contributed by atoms with Gasteiger partial charge in [0.05, 0.1) is 0 Å². The van der Waals surface area contributed by atoms with Crippen molar-refractivity contribution in [2.75, 3.05) is 5.73 Å². The van der Waals surface area contributed by atoms with Crippen LogP contribution >= 0.6 is 0 Å². The van der Waals surface area contributed by atoms with Gasteiger partial charge in [0.1, 0.15) is 5.52 Å². The molecule has 0 aliphatic carbocycles. The molecule has 0 atom stereocenters. The van der Waals surface area contributed by atoms with Gasteiger partial charge < -0.3 is 5.73 Å². The summed E-state index contributed by atoms with van der Waals surface area (Å²) in [5, 5.41) is 0. The molecule has 0 aromatic carbocycles. The number of aromatic nitrogens is 3. The maximum Gasteiger partial charge on any atom is 0.202 e. The monoisotopic (exact) mass is 190 g/mol. The van der Waals surface area contributed by atoms with E-state index in [1.807, 2.05) is 23.6 Å². The van der Waals surface area contributed by atoms with E-state index in [0.29, 0.717) is 5.95 Å². The van der Waals surface area contributed by atoms with E-state index in [0.717, 1.165) is 16.9 Å². The van der Waals surface area contributed by atoms with Crippen molar-refractivity contribution in [3.05, 3.63) is 17.8 Å². The van der Waals surface area contributed by atoms with Crippen LogP contribution in [0.3, 0.4) is 0 Å². The highest BCUT2D eigenvalue weighted by molar-refractivity contribution is 5.74. The van der Waals surface area contributed by atoms with Crippen LogP contribution in [0, 0.1) is 6.92 Å². The molecular weight excluding hydrogens is 176 g/mol. The van der Waals surface area contributed by atoms with Gasteiger partial charge in [-0.3, -0.25) is 4.57 Å². The van der Waals surface area contributed by atoms with Crippen LogP contribution in [-0.4, -0.2) is 14.5 Å². The summed E-state index contributed by atoms with van der Waals surface area (Å²) in [5.74, 6) is 0.535. The van der Waals surface area contributed by atoms with Crippen LogP contribution in [0.2, 0.25) is 0 Å². The molecule has 2 heterocycles. The summed E-state index contributed by atoms with van der Waals surface area (Å²) in [5.41, 5.74) is 8.54. The lowest BCUT2D eigenvalue weighted by molar-refractivity contribution is 0.622. The second-order valence-corrected chi connectivity index (χ2v) is 3.73. The molecule has 0 amide bonds. The number of hydrogen-bond donors (Lipinski definition) is 1. The van der Waals surface area contributed by atoms with Crippen LogP contribution in [0.4, 0.5) is 5.95 Å². The Morgan fingerprint density at radius 1 is 1.29 bits per heavy atom. The second-order valence-electron chi connectivity index (χ2n) is 3.73. The molecule has 0 spiro atoms. The first-order valence-electron chi connectivity index (χ1n) is 4.70. The zero-order chi connectivity index (χ0) is 10.3. The smallest absolute Gasteiger partial charge is 0.202 e. The van der Waals surface area contributed by atoms with Gasteiger partial charge in [-0.05, 0) is 32.9 Å². The quantitative estimate of drug-likeness (QED) is 0.747. The Labute approximate surface area is 82.8 Å². The summed E-state index contributed by atoms with van der Waals surface area (Å²) < 4.78 is 1.95. The maximum atomic E-state index is 5.82. The Balaban J connectivity index is 2.79. The maximum absolute atomic E-state index is 5.82. The third kappa shape index (κ3) is 1.23. The first kappa shape index (κ1) is 8.99. The van der Waals surface area contributed by atoms with Gasteiger partial charge in [0, 0.05) is 11.7 Å². The summed E-state index contributed by atoms with van der Waals surface area (Å²) in [6.07, 6.45) is 0. The fourth-order valence-electron chi connectivity index (χ4n) is 1.60. The molecule has 4 nitrogen and oxygen atoms in total. The molecule has 2 N–H and O–H groups in total. The Kier molecular flexibility index (Phi) is 1.91. The van der Waals surface area contributed by atoms with Crippen LogP contribution in [0.5, 0.6) is 0 Å². The molecule has 0 aliphatic heterocycles. The van der Waals surface area contributed by atoms with E-state index in [4.69, 9.17) is 5.73 Å². The average molecular weight is 190 g/mol. The summed E-state index contributed by atoms with van der Waals surface area (Å²) >= 11 is 0. The van der Waals surface area contributed by atoms with E-state index < -0.39 is 0 Å². The van der Waals surface area contributed by atoms with E-state index >= 15 is 0 Å². The Morgan fingerprint density at radius 2 is 2.00 bits per heavy atom. The van der Waals surface area contributed by atoms with Crippen molar-refractivity contribution >= 4 is 17.1 Å². The summed E-state index contributed by atoms with van der Waals surface area (Å²) in [4.78, 5) is 8.69. The number of aryl methyl sites for hydroxylation is 1. The van der Waals surface area contributed by atoms with Crippen molar-refractivity contribution in [2.45, 2.75) is 26.8 Å². The van der Waals surface area contributed by atoms with Crippen molar-refractivity contribution in [3.63, 3.8) is 0 Å². The predicted octanol–water partition coefficient (Wildman–Crippen LogP) is 1.90. The summed E-state index contributed by atoms with van der Waals surface area (Å²) in [7, 11) is 0. The topological polar surface area (TPSA) is 56.7 Å². The Bertz CT molecular complexity index is 470. The number of rotatable bonds is 1. The van der Waals surface area contributed by atoms with E-state index in [-0.39, 0.29) is 6.04 Å². The Morgan fingerprint density at radius 3 is 2.64 bits per heavy atom. The molecule has 0 aliphatic rings. The lowest BCUT2D eigenvalue weighted by Crippen LogP contribution is -2.06. The molecule has 2 rings (SSSR count). The second kappa shape index (κ2) is 2.97. The minimum atomic E-state index is 0.286. The molecule has 0 fully saturated rings. The van der Waals surface area contributed by atoms with Crippen LogP contribution in [0.25, 0.3) is 11.2 Å². The molecule has 0 saturated heterocycles. The number of nitrogen functional groups attached to an aromatic ring is 1. The van der Waals surface area contributed by atoms with Gasteiger partial charge in [0.15, 0.2) is 5.65 Å². The van der Waals surface area contributed by atoms with Gasteiger partial charge >= 0.3 is 0 Å². The van der Waals surface area contributed by atoms with Gasteiger partial charge in [-0.25, -0.2) is 9.97 Å². The number of anilines is 1. The van der Waals surface area contributed by atoms with Crippen LogP contribution in [-0.2, 0) is 0 Å². The van der Waals surface area contributed by atoms with Crippen LogP contribution in [0.1, 0.15) is 25.6 Å². The molecule has 2 aromatic rings. The SMILES string of the molecule is Cc1ccc2nc(N)n(C(C)C)c2n1. The molecular formula is C10H14N4. The Hall–Kier alpha value is -1.58. The lowest BCUT2D eigenvalue weighted by atomic mass is 10.3. The van der Waals surface area contributed by atoms with Gasteiger partial charge in [0.25, 0.3) is 0 Å². The van der Waals surface area contributed by atoms with Crippen molar-refractivity contribution < 1.29 is 0 Å². The fourth-order valence-corrected chi connectivity index (χ4v) is 1.60. The van der Waals surface area contributed by atoms with E-state index in [1.165, 1.54) is 0 Å². The predicted molar refractivity (Wildman–Crippen MR) is 57.1 cm³/mol. The van der Waals surface area contributed by atoms with Crippen LogP contribution < -0.4 is 5.73 Å². The molecule has 0 radical (unpaired) electrons. The largest absolute Gasteiger partial charge is 0.369 e. The molecule has 0 unspecified atom stereocenters. The standard InChI is InChI=1S/C10H14N4/c1-6(2)14-9-8(13-10(14)11)5-4-7(3)12-9/h4-6H,1-3H3,(H2,11,13). The normalized spacial score (nSPS) is 11.4. The molecule has 4 heteroatoms. The number of imidazole rings is 1. The first-order chi connectivity index (χ1) is 6.59. The molecule has 2 aromatic heterocycles. The fraction of sp³-hybridized carbons (Fsp3) is 0.400.